The maximum Gasteiger partial charge on any atom is 0.171 e. The molecule has 1 heterocycles. The van der Waals surface area contributed by atoms with Crippen molar-refractivity contribution in [3.05, 3.63) is 28.8 Å². The molecule has 0 aliphatic heterocycles. The highest BCUT2D eigenvalue weighted by atomic mass is 32.1. The minimum Gasteiger partial charge on any atom is -0.493 e. The maximum absolute atomic E-state index is 5.84. The van der Waals surface area contributed by atoms with Crippen LogP contribution in [-0.4, -0.2) is 18.7 Å². The summed E-state index contributed by atoms with van der Waals surface area (Å²) in [6.45, 7) is 5.23. The van der Waals surface area contributed by atoms with Gasteiger partial charge in [0.25, 0.3) is 0 Å². The topological polar surface area (TPSA) is 57.4 Å². The first-order valence-corrected chi connectivity index (χ1v) is 8.05. The van der Waals surface area contributed by atoms with Crippen LogP contribution in [0.2, 0.25) is 0 Å². The fourth-order valence-electron chi connectivity index (χ4n) is 2.23. The zero-order valence-electron chi connectivity index (χ0n) is 12.8. The third-order valence-corrected chi connectivity index (χ3v) is 4.32. The Morgan fingerprint density at radius 1 is 1.29 bits per heavy atom. The van der Waals surface area contributed by atoms with Gasteiger partial charge in [-0.1, -0.05) is 19.4 Å². The van der Waals surface area contributed by atoms with Crippen LogP contribution in [0.25, 0.3) is 10.6 Å². The van der Waals surface area contributed by atoms with E-state index in [1.54, 1.807) is 18.4 Å². The lowest BCUT2D eigenvalue weighted by atomic mass is 10.2. The van der Waals surface area contributed by atoms with E-state index in [0.717, 1.165) is 45.5 Å². The van der Waals surface area contributed by atoms with Gasteiger partial charge in [-0.25, -0.2) is 4.98 Å². The van der Waals surface area contributed by atoms with E-state index in [9.17, 15) is 0 Å². The van der Waals surface area contributed by atoms with Crippen molar-refractivity contribution in [1.82, 2.24) is 4.98 Å². The second kappa shape index (κ2) is 7.43. The number of rotatable bonds is 7. The zero-order chi connectivity index (χ0) is 15.2. The van der Waals surface area contributed by atoms with Crippen LogP contribution in [0.4, 0.5) is 0 Å². The molecule has 2 aromatic rings. The van der Waals surface area contributed by atoms with E-state index in [1.807, 2.05) is 25.1 Å². The SMILES string of the molecule is CCCc1nc(-c2cccc(OC)c2OCC)sc1CN. The maximum atomic E-state index is 5.84. The summed E-state index contributed by atoms with van der Waals surface area (Å²) in [5.74, 6) is 1.48. The highest BCUT2D eigenvalue weighted by Crippen LogP contribution is 2.40. The first kappa shape index (κ1) is 15.8. The van der Waals surface area contributed by atoms with Crippen LogP contribution >= 0.6 is 11.3 Å². The Morgan fingerprint density at radius 2 is 2.10 bits per heavy atom. The molecule has 2 rings (SSSR count). The fourth-order valence-corrected chi connectivity index (χ4v) is 3.24. The van der Waals surface area contributed by atoms with Crippen molar-refractivity contribution in [1.29, 1.82) is 0 Å². The van der Waals surface area contributed by atoms with Crippen LogP contribution in [0.3, 0.4) is 0 Å². The summed E-state index contributed by atoms with van der Waals surface area (Å²) in [7, 11) is 1.65. The fraction of sp³-hybridized carbons (Fsp3) is 0.438. The molecule has 1 aromatic heterocycles. The van der Waals surface area contributed by atoms with E-state index in [4.69, 9.17) is 20.2 Å². The van der Waals surface area contributed by atoms with E-state index in [-0.39, 0.29) is 0 Å². The van der Waals surface area contributed by atoms with Gasteiger partial charge < -0.3 is 15.2 Å². The molecule has 21 heavy (non-hydrogen) atoms. The van der Waals surface area contributed by atoms with E-state index in [2.05, 4.69) is 6.92 Å². The highest BCUT2D eigenvalue weighted by molar-refractivity contribution is 7.15. The lowest BCUT2D eigenvalue weighted by Crippen LogP contribution is -1.98. The number of benzene rings is 1. The van der Waals surface area contributed by atoms with Gasteiger partial charge in [0.2, 0.25) is 0 Å². The second-order valence-corrected chi connectivity index (χ2v) is 5.70. The van der Waals surface area contributed by atoms with E-state index < -0.39 is 0 Å². The van der Waals surface area contributed by atoms with Gasteiger partial charge in [0.15, 0.2) is 11.5 Å². The standard InChI is InChI=1S/C16H22N2O2S/c1-4-7-12-14(10-17)21-16(18-12)11-8-6-9-13(19-3)15(11)20-5-2/h6,8-9H,4-5,7,10,17H2,1-3H3. The minimum absolute atomic E-state index is 0.529. The van der Waals surface area contributed by atoms with Gasteiger partial charge in [-0.05, 0) is 25.5 Å². The lowest BCUT2D eigenvalue weighted by Gasteiger charge is -2.12. The molecule has 114 valence electrons. The molecule has 0 aliphatic carbocycles. The molecule has 0 radical (unpaired) electrons. The molecule has 0 spiro atoms. The predicted molar refractivity (Wildman–Crippen MR) is 87.2 cm³/mol. The van der Waals surface area contributed by atoms with Gasteiger partial charge >= 0.3 is 0 Å². The molecule has 0 bridgehead atoms. The number of nitrogens with zero attached hydrogens (tertiary/aromatic N) is 1. The molecular formula is C16H22N2O2S. The predicted octanol–water partition coefficient (Wildman–Crippen LogP) is 3.63. The number of nitrogens with two attached hydrogens (primary N) is 1. The van der Waals surface area contributed by atoms with Crippen LogP contribution < -0.4 is 15.2 Å². The van der Waals surface area contributed by atoms with Crippen LogP contribution in [0.1, 0.15) is 30.8 Å². The molecule has 0 aliphatic rings. The Kier molecular flexibility index (Phi) is 5.59. The number of ether oxygens (including phenoxy) is 2. The molecule has 0 fully saturated rings. The van der Waals surface area contributed by atoms with Gasteiger partial charge in [0, 0.05) is 11.4 Å². The van der Waals surface area contributed by atoms with Crippen LogP contribution in [-0.2, 0) is 13.0 Å². The normalized spacial score (nSPS) is 10.7. The Balaban J connectivity index is 2.50. The van der Waals surface area contributed by atoms with Gasteiger partial charge in [0.1, 0.15) is 5.01 Å². The van der Waals surface area contributed by atoms with Crippen LogP contribution in [0.5, 0.6) is 11.5 Å². The highest BCUT2D eigenvalue weighted by Gasteiger charge is 2.17. The average molecular weight is 306 g/mol. The van der Waals surface area contributed by atoms with E-state index >= 15 is 0 Å². The second-order valence-electron chi connectivity index (χ2n) is 4.61. The Morgan fingerprint density at radius 3 is 2.71 bits per heavy atom. The number of hydrogen-bond donors (Lipinski definition) is 1. The smallest absolute Gasteiger partial charge is 0.171 e. The number of para-hydroxylation sites is 1. The molecular weight excluding hydrogens is 284 g/mol. The van der Waals surface area contributed by atoms with Crippen molar-refractivity contribution < 1.29 is 9.47 Å². The summed E-state index contributed by atoms with van der Waals surface area (Å²) in [5.41, 5.74) is 7.91. The first-order chi connectivity index (χ1) is 10.2. The van der Waals surface area contributed by atoms with Crippen molar-refractivity contribution in [3.63, 3.8) is 0 Å². The molecule has 0 atom stereocenters. The average Bonchev–Trinajstić information content (AvgIpc) is 2.91. The van der Waals surface area contributed by atoms with Gasteiger partial charge in [0.05, 0.1) is 25.0 Å². The van der Waals surface area contributed by atoms with E-state index in [1.165, 1.54) is 0 Å². The molecule has 2 N–H and O–H groups in total. The largest absolute Gasteiger partial charge is 0.493 e. The monoisotopic (exact) mass is 306 g/mol. The van der Waals surface area contributed by atoms with Crippen LogP contribution in [0, 0.1) is 0 Å². The van der Waals surface area contributed by atoms with Crippen molar-refractivity contribution in [2.45, 2.75) is 33.2 Å². The molecule has 1 aromatic carbocycles. The third kappa shape index (κ3) is 3.36. The molecule has 0 unspecified atom stereocenters. The molecule has 5 heteroatoms. The summed E-state index contributed by atoms with van der Waals surface area (Å²) in [4.78, 5) is 5.91. The number of thiazole rings is 1. The van der Waals surface area contributed by atoms with Gasteiger partial charge in [-0.3, -0.25) is 0 Å². The number of aryl methyl sites for hydroxylation is 1. The molecule has 0 amide bonds. The summed E-state index contributed by atoms with van der Waals surface area (Å²) in [6.07, 6.45) is 2.02. The van der Waals surface area contributed by atoms with E-state index in [0.29, 0.717) is 13.2 Å². The van der Waals surface area contributed by atoms with Gasteiger partial charge in [-0.15, -0.1) is 11.3 Å². The third-order valence-electron chi connectivity index (χ3n) is 3.17. The number of aromatic nitrogens is 1. The lowest BCUT2D eigenvalue weighted by molar-refractivity contribution is 0.312. The quantitative estimate of drug-likeness (QED) is 0.848. The molecule has 0 saturated heterocycles. The first-order valence-electron chi connectivity index (χ1n) is 7.23. The van der Waals surface area contributed by atoms with Gasteiger partial charge in [-0.2, -0.15) is 0 Å². The number of methoxy groups -OCH3 is 1. The summed E-state index contributed by atoms with van der Waals surface area (Å²) in [5, 5.41) is 0.946. The number of hydrogen-bond acceptors (Lipinski definition) is 5. The molecule has 0 saturated carbocycles. The minimum atomic E-state index is 0.529. The van der Waals surface area contributed by atoms with Crippen molar-refractivity contribution >= 4 is 11.3 Å². The van der Waals surface area contributed by atoms with Crippen molar-refractivity contribution in [2.24, 2.45) is 5.73 Å². The molecule has 4 nitrogen and oxygen atoms in total. The Bertz CT molecular complexity index is 596. The summed E-state index contributed by atoms with van der Waals surface area (Å²) in [6, 6.07) is 5.88. The Labute approximate surface area is 129 Å². The van der Waals surface area contributed by atoms with Crippen molar-refractivity contribution in [2.75, 3.05) is 13.7 Å². The van der Waals surface area contributed by atoms with Crippen molar-refractivity contribution in [3.8, 4) is 22.1 Å². The van der Waals surface area contributed by atoms with Crippen LogP contribution in [0.15, 0.2) is 18.2 Å². The summed E-state index contributed by atoms with van der Waals surface area (Å²) < 4.78 is 11.2. The zero-order valence-corrected chi connectivity index (χ0v) is 13.6. The summed E-state index contributed by atoms with van der Waals surface area (Å²) >= 11 is 1.64. The Hall–Kier alpha value is -1.59.